The number of likely N-dealkylation sites (tertiary alicyclic amines) is 1. The van der Waals surface area contributed by atoms with E-state index >= 15 is 0 Å². The molecule has 1 aromatic carbocycles. The smallest absolute Gasteiger partial charge is 0.232 e. The monoisotopic (exact) mass is 246 g/mol. The zero-order valence-corrected chi connectivity index (χ0v) is 11.2. The van der Waals surface area contributed by atoms with Crippen LogP contribution in [0.5, 0.6) is 0 Å². The fraction of sp³-hybridized carbons (Fsp3) is 0.533. The van der Waals surface area contributed by atoms with E-state index < -0.39 is 5.41 Å². The Morgan fingerprint density at radius 3 is 2.33 bits per heavy atom. The normalized spacial score (nSPS) is 17.8. The van der Waals surface area contributed by atoms with Crippen LogP contribution < -0.4 is 5.73 Å². The zero-order chi connectivity index (χ0) is 13.2. The number of nitrogens with two attached hydrogens (primary N) is 1. The van der Waals surface area contributed by atoms with Crippen LogP contribution in [0.3, 0.4) is 0 Å². The molecule has 1 saturated heterocycles. The third-order valence-corrected chi connectivity index (χ3v) is 3.86. The van der Waals surface area contributed by atoms with Crippen LogP contribution in [0.15, 0.2) is 30.3 Å². The summed E-state index contributed by atoms with van der Waals surface area (Å²) in [5, 5.41) is 0. The minimum absolute atomic E-state index is 0.209. The molecule has 0 saturated carbocycles. The van der Waals surface area contributed by atoms with Crippen molar-refractivity contribution < 1.29 is 4.79 Å². The Morgan fingerprint density at radius 2 is 1.78 bits per heavy atom. The lowest BCUT2D eigenvalue weighted by Crippen LogP contribution is -2.49. The fourth-order valence-electron chi connectivity index (χ4n) is 2.48. The van der Waals surface area contributed by atoms with Gasteiger partial charge in [0, 0.05) is 19.1 Å². The maximum absolute atomic E-state index is 12.6. The molecule has 0 atom stereocenters. The predicted octanol–water partition coefficient (Wildman–Crippen LogP) is 1.91. The first-order valence-corrected chi connectivity index (χ1v) is 6.62. The van der Waals surface area contributed by atoms with Gasteiger partial charge in [-0.25, -0.2) is 0 Å². The van der Waals surface area contributed by atoms with Gasteiger partial charge in [-0.2, -0.15) is 0 Å². The summed E-state index contributed by atoms with van der Waals surface area (Å²) in [6, 6.07) is 10.2. The van der Waals surface area contributed by atoms with Crippen LogP contribution in [0.25, 0.3) is 0 Å². The van der Waals surface area contributed by atoms with Gasteiger partial charge >= 0.3 is 0 Å². The maximum Gasteiger partial charge on any atom is 0.232 e. The number of rotatable bonds is 2. The van der Waals surface area contributed by atoms with E-state index in [4.69, 9.17) is 5.73 Å². The van der Waals surface area contributed by atoms with Gasteiger partial charge in [0.2, 0.25) is 5.91 Å². The van der Waals surface area contributed by atoms with Crippen LogP contribution in [0.4, 0.5) is 0 Å². The van der Waals surface area contributed by atoms with E-state index in [2.05, 4.69) is 0 Å². The second kappa shape index (κ2) is 5.11. The fourth-order valence-corrected chi connectivity index (χ4v) is 2.48. The van der Waals surface area contributed by atoms with E-state index in [-0.39, 0.29) is 11.9 Å². The molecule has 0 radical (unpaired) electrons. The van der Waals surface area contributed by atoms with Gasteiger partial charge in [-0.1, -0.05) is 30.3 Å². The van der Waals surface area contributed by atoms with E-state index in [9.17, 15) is 4.79 Å². The second-order valence-electron chi connectivity index (χ2n) is 5.62. The highest BCUT2D eigenvalue weighted by molar-refractivity contribution is 5.87. The molecule has 0 aliphatic carbocycles. The Balaban J connectivity index is 2.13. The lowest BCUT2D eigenvalue weighted by atomic mass is 9.82. The molecule has 0 aromatic heterocycles. The molecule has 1 aliphatic rings. The molecule has 2 rings (SSSR count). The van der Waals surface area contributed by atoms with E-state index in [1.807, 2.05) is 49.1 Å². The van der Waals surface area contributed by atoms with Crippen LogP contribution in [0, 0.1) is 0 Å². The topological polar surface area (TPSA) is 46.3 Å². The maximum atomic E-state index is 12.6. The van der Waals surface area contributed by atoms with Crippen molar-refractivity contribution in [2.45, 2.75) is 38.1 Å². The van der Waals surface area contributed by atoms with Crippen molar-refractivity contribution in [2.24, 2.45) is 5.73 Å². The molecule has 0 unspecified atom stereocenters. The summed E-state index contributed by atoms with van der Waals surface area (Å²) in [6.07, 6.45) is 1.83. The van der Waals surface area contributed by atoms with Crippen molar-refractivity contribution >= 4 is 5.91 Å². The van der Waals surface area contributed by atoms with Gasteiger partial charge in [-0.3, -0.25) is 4.79 Å². The molecule has 0 spiro atoms. The Morgan fingerprint density at radius 1 is 1.22 bits per heavy atom. The summed E-state index contributed by atoms with van der Waals surface area (Å²) in [7, 11) is 0. The van der Waals surface area contributed by atoms with Gasteiger partial charge < -0.3 is 10.6 Å². The highest BCUT2D eigenvalue weighted by Gasteiger charge is 2.34. The third kappa shape index (κ3) is 2.56. The zero-order valence-electron chi connectivity index (χ0n) is 11.2. The molecule has 1 amide bonds. The molecule has 3 nitrogen and oxygen atoms in total. The molecule has 2 N–H and O–H groups in total. The first-order valence-electron chi connectivity index (χ1n) is 6.62. The number of nitrogens with zero attached hydrogens (tertiary/aromatic N) is 1. The van der Waals surface area contributed by atoms with E-state index in [0.717, 1.165) is 31.5 Å². The predicted molar refractivity (Wildman–Crippen MR) is 73.3 cm³/mol. The van der Waals surface area contributed by atoms with Crippen molar-refractivity contribution in [3.05, 3.63) is 35.9 Å². The molecule has 1 heterocycles. The van der Waals surface area contributed by atoms with Crippen molar-refractivity contribution in [3.63, 3.8) is 0 Å². The van der Waals surface area contributed by atoms with E-state index in [0.29, 0.717) is 0 Å². The van der Waals surface area contributed by atoms with Crippen molar-refractivity contribution in [1.82, 2.24) is 4.90 Å². The lowest BCUT2D eigenvalue weighted by Gasteiger charge is -2.36. The summed E-state index contributed by atoms with van der Waals surface area (Å²) >= 11 is 0. The number of piperidine rings is 1. The number of benzene rings is 1. The van der Waals surface area contributed by atoms with E-state index in [1.165, 1.54) is 0 Å². The summed E-state index contributed by atoms with van der Waals surface area (Å²) in [6.45, 7) is 5.57. The quantitative estimate of drug-likeness (QED) is 0.866. The number of carbonyl (C=O) groups excluding carboxylic acids is 1. The number of hydrogen-bond donors (Lipinski definition) is 1. The Bertz CT molecular complexity index is 406. The Labute approximate surface area is 109 Å². The first kappa shape index (κ1) is 13.1. The molecular formula is C15H22N2O. The number of hydrogen-bond acceptors (Lipinski definition) is 2. The van der Waals surface area contributed by atoms with Crippen LogP contribution in [-0.4, -0.2) is 29.9 Å². The van der Waals surface area contributed by atoms with Crippen LogP contribution >= 0.6 is 0 Å². The Kier molecular flexibility index (Phi) is 3.71. The van der Waals surface area contributed by atoms with E-state index in [1.54, 1.807) is 0 Å². The van der Waals surface area contributed by atoms with Gasteiger partial charge in [0.15, 0.2) is 0 Å². The summed E-state index contributed by atoms with van der Waals surface area (Å²) in [5.74, 6) is 0.209. The van der Waals surface area contributed by atoms with Crippen molar-refractivity contribution in [2.75, 3.05) is 13.1 Å². The standard InChI is InChI=1S/C15H22N2O/c1-15(2,12-6-4-3-5-7-12)14(18)17-10-8-13(16)9-11-17/h3-7,13H,8-11,16H2,1-2H3. The molecule has 1 fully saturated rings. The van der Waals surface area contributed by atoms with Crippen LogP contribution in [0.2, 0.25) is 0 Å². The molecule has 18 heavy (non-hydrogen) atoms. The Hall–Kier alpha value is -1.35. The summed E-state index contributed by atoms with van der Waals surface area (Å²) < 4.78 is 0. The highest BCUT2D eigenvalue weighted by atomic mass is 16.2. The minimum atomic E-state index is -0.456. The highest BCUT2D eigenvalue weighted by Crippen LogP contribution is 2.26. The summed E-state index contributed by atoms with van der Waals surface area (Å²) in [4.78, 5) is 14.6. The first-order chi connectivity index (χ1) is 8.51. The summed E-state index contributed by atoms with van der Waals surface area (Å²) in [5.41, 5.74) is 6.50. The van der Waals surface area contributed by atoms with Gasteiger partial charge in [0.05, 0.1) is 5.41 Å². The lowest BCUT2D eigenvalue weighted by molar-refractivity contribution is -0.137. The van der Waals surface area contributed by atoms with Crippen LogP contribution in [0.1, 0.15) is 32.3 Å². The average Bonchev–Trinajstić information content (AvgIpc) is 2.40. The SMILES string of the molecule is CC(C)(C(=O)N1CCC(N)CC1)c1ccccc1. The molecule has 1 aromatic rings. The number of amides is 1. The van der Waals surface area contributed by atoms with Crippen LogP contribution in [-0.2, 0) is 10.2 Å². The average molecular weight is 246 g/mol. The molecule has 3 heteroatoms. The second-order valence-corrected chi connectivity index (χ2v) is 5.62. The molecule has 98 valence electrons. The van der Waals surface area contributed by atoms with Gasteiger partial charge in [-0.15, -0.1) is 0 Å². The van der Waals surface area contributed by atoms with Crippen molar-refractivity contribution in [3.8, 4) is 0 Å². The van der Waals surface area contributed by atoms with Gasteiger partial charge in [0.1, 0.15) is 0 Å². The molecule has 1 aliphatic heterocycles. The molecular weight excluding hydrogens is 224 g/mol. The minimum Gasteiger partial charge on any atom is -0.342 e. The van der Waals surface area contributed by atoms with Crippen molar-refractivity contribution in [1.29, 1.82) is 0 Å². The largest absolute Gasteiger partial charge is 0.342 e. The number of carbonyl (C=O) groups is 1. The van der Waals surface area contributed by atoms with Gasteiger partial charge in [0.25, 0.3) is 0 Å². The van der Waals surface area contributed by atoms with Gasteiger partial charge in [-0.05, 0) is 32.3 Å². The molecule has 0 bridgehead atoms. The third-order valence-electron chi connectivity index (χ3n) is 3.86.